The maximum absolute atomic E-state index is 13.4. The Labute approximate surface area is 198 Å². The second kappa shape index (κ2) is 11.1. The molecule has 1 fully saturated rings. The molecule has 1 aromatic carbocycles. The van der Waals surface area contributed by atoms with Crippen LogP contribution in [0, 0.1) is 11.8 Å². The second-order valence-corrected chi connectivity index (χ2v) is 11.7. The van der Waals surface area contributed by atoms with Gasteiger partial charge in [0.15, 0.2) is 0 Å². The third-order valence-electron chi connectivity index (χ3n) is 6.75. The zero-order chi connectivity index (χ0) is 24.2. The Hall–Kier alpha value is -1.84. The summed E-state index contributed by atoms with van der Waals surface area (Å²) in [6, 6.07) is 4.43. The number of sulfonamides is 1. The van der Waals surface area contributed by atoms with Gasteiger partial charge in [-0.1, -0.05) is 26.2 Å². The molecule has 8 nitrogen and oxygen atoms in total. The van der Waals surface area contributed by atoms with Gasteiger partial charge in [0.25, 0.3) is 5.91 Å². The molecule has 1 aliphatic carbocycles. The highest BCUT2D eigenvalue weighted by Crippen LogP contribution is 2.31. The molecular formula is C24H39N3O5S. The van der Waals surface area contributed by atoms with Crippen molar-refractivity contribution in [1.82, 2.24) is 9.80 Å². The van der Waals surface area contributed by atoms with Gasteiger partial charge >= 0.3 is 0 Å². The highest BCUT2D eigenvalue weighted by atomic mass is 32.2. The Balaban J connectivity index is 1.86. The van der Waals surface area contributed by atoms with Gasteiger partial charge in [-0.25, -0.2) is 8.42 Å². The number of nitrogens with one attached hydrogen (secondary N) is 1. The average molecular weight is 482 g/mol. The number of benzene rings is 1. The number of aliphatic hydroxyl groups is 1. The van der Waals surface area contributed by atoms with Gasteiger partial charge in [-0.05, 0) is 50.9 Å². The van der Waals surface area contributed by atoms with Crippen LogP contribution in [0.5, 0.6) is 5.75 Å². The first-order chi connectivity index (χ1) is 15.6. The summed E-state index contributed by atoms with van der Waals surface area (Å²) in [5.41, 5.74) is 0.611. The molecule has 33 heavy (non-hydrogen) atoms. The molecule has 9 heteroatoms. The standard InChI is InChI=1S/C24H39N3O5S/c1-17-13-27(18(2)16-28)24(29)21-12-20(25-33(4,30)31)10-11-22(21)32-23(17)15-26(3)14-19-8-6-5-7-9-19/h10-12,17-19,23,25,28H,5-9,13-16H2,1-4H3/t17-,18+,23+/m0/s1. The molecular weight excluding hydrogens is 442 g/mol. The molecule has 3 rings (SSSR count). The van der Waals surface area contributed by atoms with Crippen LogP contribution in [0.3, 0.4) is 0 Å². The van der Waals surface area contributed by atoms with Gasteiger partial charge < -0.3 is 19.6 Å². The highest BCUT2D eigenvalue weighted by molar-refractivity contribution is 7.92. The number of carbonyl (C=O) groups is 1. The molecule has 0 bridgehead atoms. The summed E-state index contributed by atoms with van der Waals surface area (Å²) in [7, 11) is -1.36. The van der Waals surface area contributed by atoms with Gasteiger partial charge in [-0.2, -0.15) is 0 Å². The van der Waals surface area contributed by atoms with Gasteiger partial charge in [-0.3, -0.25) is 9.52 Å². The number of ether oxygens (including phenoxy) is 1. The molecule has 0 aromatic heterocycles. The van der Waals surface area contributed by atoms with Crippen molar-refractivity contribution in [3.05, 3.63) is 23.8 Å². The predicted molar refractivity (Wildman–Crippen MR) is 130 cm³/mol. The lowest BCUT2D eigenvalue weighted by Crippen LogP contribution is -2.50. The van der Waals surface area contributed by atoms with Crippen LogP contribution >= 0.6 is 0 Å². The fourth-order valence-corrected chi connectivity index (χ4v) is 5.47. The molecule has 2 aliphatic rings. The molecule has 2 N–H and O–H groups in total. The predicted octanol–water partition coefficient (Wildman–Crippen LogP) is 2.79. The molecule has 1 heterocycles. The first kappa shape index (κ1) is 25.8. The quantitative estimate of drug-likeness (QED) is 0.592. The van der Waals surface area contributed by atoms with Crippen molar-refractivity contribution in [1.29, 1.82) is 0 Å². The van der Waals surface area contributed by atoms with Crippen molar-refractivity contribution < 1.29 is 23.1 Å². The molecule has 186 valence electrons. The lowest BCUT2D eigenvalue weighted by molar-refractivity contribution is 0.0330. The minimum Gasteiger partial charge on any atom is -0.488 e. The van der Waals surface area contributed by atoms with Gasteiger partial charge in [0.2, 0.25) is 10.0 Å². The molecule has 0 saturated heterocycles. The van der Waals surface area contributed by atoms with E-state index in [0.29, 0.717) is 23.5 Å². The first-order valence-corrected chi connectivity index (χ1v) is 13.9. The maximum atomic E-state index is 13.4. The van der Waals surface area contributed by atoms with Crippen LogP contribution < -0.4 is 9.46 Å². The molecule has 0 unspecified atom stereocenters. The normalized spacial score (nSPS) is 23.5. The first-order valence-electron chi connectivity index (χ1n) is 12.0. The summed E-state index contributed by atoms with van der Waals surface area (Å²) in [4.78, 5) is 17.4. The van der Waals surface area contributed by atoms with E-state index in [9.17, 15) is 18.3 Å². The monoisotopic (exact) mass is 481 g/mol. The van der Waals surface area contributed by atoms with Crippen molar-refractivity contribution >= 4 is 21.6 Å². The SMILES string of the molecule is C[C@H](CO)N1C[C@H](C)[C@@H](CN(C)CC2CCCCC2)Oc2ccc(NS(C)(=O)=O)cc2C1=O. The van der Waals surface area contributed by atoms with Crippen LogP contribution in [0.25, 0.3) is 0 Å². The summed E-state index contributed by atoms with van der Waals surface area (Å²) in [5.74, 6) is 0.942. The minimum atomic E-state index is -3.48. The Kier molecular flexibility index (Phi) is 8.64. The van der Waals surface area contributed by atoms with Crippen molar-refractivity contribution in [3.63, 3.8) is 0 Å². The van der Waals surface area contributed by atoms with E-state index in [1.54, 1.807) is 17.0 Å². The van der Waals surface area contributed by atoms with Gasteiger partial charge in [-0.15, -0.1) is 0 Å². The third kappa shape index (κ3) is 7.07. The summed E-state index contributed by atoms with van der Waals surface area (Å²) in [6.07, 6.45) is 7.43. The van der Waals surface area contributed by atoms with Crippen LogP contribution in [-0.4, -0.2) is 80.9 Å². The number of carbonyl (C=O) groups excluding carboxylic acids is 1. The third-order valence-corrected chi connectivity index (χ3v) is 7.36. The minimum absolute atomic E-state index is 0.0544. The van der Waals surface area contributed by atoms with Crippen LogP contribution in [-0.2, 0) is 10.0 Å². The van der Waals surface area contributed by atoms with Crippen LogP contribution in [0.2, 0.25) is 0 Å². The van der Waals surface area contributed by atoms with Crippen LogP contribution in [0.4, 0.5) is 5.69 Å². The van der Waals surface area contributed by atoms with Crippen molar-refractivity contribution in [2.24, 2.45) is 11.8 Å². The smallest absolute Gasteiger partial charge is 0.258 e. The Bertz CT molecular complexity index is 917. The number of likely N-dealkylation sites (N-methyl/N-ethyl adjacent to an activating group) is 1. The van der Waals surface area contributed by atoms with E-state index in [2.05, 4.69) is 23.6 Å². The Morgan fingerprint density at radius 2 is 1.94 bits per heavy atom. The van der Waals surface area contributed by atoms with E-state index in [4.69, 9.17) is 4.74 Å². The van der Waals surface area contributed by atoms with E-state index in [-0.39, 0.29) is 30.6 Å². The molecule has 1 aliphatic heterocycles. The number of hydrogen-bond acceptors (Lipinski definition) is 6. The van der Waals surface area contributed by atoms with Gasteiger partial charge in [0, 0.05) is 31.2 Å². The molecule has 0 spiro atoms. The lowest BCUT2D eigenvalue weighted by Gasteiger charge is -2.38. The lowest BCUT2D eigenvalue weighted by atomic mass is 9.89. The number of hydrogen-bond donors (Lipinski definition) is 2. The molecule has 1 amide bonds. The fourth-order valence-electron chi connectivity index (χ4n) is 4.91. The van der Waals surface area contributed by atoms with Crippen LogP contribution in [0.1, 0.15) is 56.3 Å². The topological polar surface area (TPSA) is 99.2 Å². The number of rotatable bonds is 8. The zero-order valence-corrected chi connectivity index (χ0v) is 21.1. The Morgan fingerprint density at radius 3 is 2.58 bits per heavy atom. The van der Waals surface area contributed by atoms with Crippen molar-refractivity contribution in [2.75, 3.05) is 44.3 Å². The zero-order valence-electron chi connectivity index (χ0n) is 20.3. The summed E-state index contributed by atoms with van der Waals surface area (Å²) < 4.78 is 32.2. The van der Waals surface area contributed by atoms with Crippen molar-refractivity contribution in [2.45, 2.75) is 58.1 Å². The number of nitrogens with zero attached hydrogens (tertiary/aromatic N) is 2. The van der Waals surface area contributed by atoms with Gasteiger partial charge in [0.05, 0.1) is 24.5 Å². The maximum Gasteiger partial charge on any atom is 0.258 e. The van der Waals surface area contributed by atoms with E-state index in [0.717, 1.165) is 25.3 Å². The Morgan fingerprint density at radius 1 is 1.24 bits per heavy atom. The highest BCUT2D eigenvalue weighted by Gasteiger charge is 2.34. The average Bonchev–Trinajstić information content (AvgIpc) is 2.75. The molecule has 1 aromatic rings. The van der Waals surface area contributed by atoms with E-state index in [1.807, 2.05) is 6.92 Å². The molecule has 1 saturated carbocycles. The second-order valence-electron chi connectivity index (χ2n) is 9.93. The largest absolute Gasteiger partial charge is 0.488 e. The van der Waals surface area contributed by atoms with Crippen LogP contribution in [0.15, 0.2) is 18.2 Å². The van der Waals surface area contributed by atoms with E-state index >= 15 is 0 Å². The molecule has 3 atom stereocenters. The number of anilines is 1. The van der Waals surface area contributed by atoms with Gasteiger partial charge in [0.1, 0.15) is 11.9 Å². The fraction of sp³-hybridized carbons (Fsp3) is 0.708. The summed E-state index contributed by atoms with van der Waals surface area (Å²) >= 11 is 0. The number of fused-ring (bicyclic) bond motifs is 1. The van der Waals surface area contributed by atoms with Crippen molar-refractivity contribution in [3.8, 4) is 5.75 Å². The summed E-state index contributed by atoms with van der Waals surface area (Å²) in [5, 5.41) is 9.78. The molecule has 0 radical (unpaired) electrons. The van der Waals surface area contributed by atoms with E-state index in [1.165, 1.54) is 38.2 Å². The number of aliphatic hydroxyl groups excluding tert-OH is 1. The van der Waals surface area contributed by atoms with E-state index < -0.39 is 10.0 Å². The summed E-state index contributed by atoms with van der Waals surface area (Å²) in [6.45, 7) is 5.96. The number of amides is 1.